The van der Waals surface area contributed by atoms with Crippen molar-refractivity contribution in [1.82, 2.24) is 15.5 Å². The van der Waals surface area contributed by atoms with E-state index in [1.165, 1.54) is 5.56 Å². The van der Waals surface area contributed by atoms with Gasteiger partial charge in [-0.25, -0.2) is 0 Å². The molecule has 3 rings (SSSR count). The summed E-state index contributed by atoms with van der Waals surface area (Å²) in [5.74, 6) is 1.72. The lowest BCUT2D eigenvalue weighted by Crippen LogP contribution is -2.50. The summed E-state index contributed by atoms with van der Waals surface area (Å²) in [6.07, 6.45) is 3.03. The van der Waals surface area contributed by atoms with E-state index in [0.29, 0.717) is 18.0 Å². The molecule has 0 spiro atoms. The van der Waals surface area contributed by atoms with Crippen molar-refractivity contribution < 1.29 is 4.79 Å². The standard InChI is InChI=1S/C21H31ClN4O/c1-4-23-21(24-17-8-10-26(11-9-17)20(27)14(2)3)25-19-13-18(19)15-6-5-7-16(22)12-15/h5-7,12,14,17-19H,4,8-11,13H2,1-3H3,(H2,23,24,25). The third kappa shape index (κ3) is 5.38. The molecule has 2 atom stereocenters. The summed E-state index contributed by atoms with van der Waals surface area (Å²) in [5, 5.41) is 7.94. The fourth-order valence-electron chi connectivity index (χ4n) is 3.73. The number of rotatable bonds is 5. The maximum Gasteiger partial charge on any atom is 0.225 e. The molecule has 27 heavy (non-hydrogen) atoms. The fourth-order valence-corrected chi connectivity index (χ4v) is 3.93. The van der Waals surface area contributed by atoms with Crippen LogP contribution in [0.5, 0.6) is 0 Å². The van der Waals surface area contributed by atoms with Crippen LogP contribution in [-0.2, 0) is 4.79 Å². The third-order valence-electron chi connectivity index (χ3n) is 5.35. The summed E-state index contributed by atoms with van der Waals surface area (Å²) in [7, 11) is 0. The van der Waals surface area contributed by atoms with Crippen molar-refractivity contribution in [3.05, 3.63) is 34.9 Å². The smallest absolute Gasteiger partial charge is 0.225 e. The van der Waals surface area contributed by atoms with E-state index in [1.54, 1.807) is 0 Å². The number of guanidine groups is 1. The summed E-state index contributed by atoms with van der Waals surface area (Å²) >= 11 is 6.12. The first-order chi connectivity index (χ1) is 13.0. The molecule has 148 valence electrons. The Morgan fingerprint density at radius 1 is 1.30 bits per heavy atom. The number of carbonyl (C=O) groups is 1. The van der Waals surface area contributed by atoms with E-state index in [0.717, 1.165) is 49.9 Å². The largest absolute Gasteiger partial charge is 0.354 e. The number of carbonyl (C=O) groups excluding carboxylic acids is 1. The predicted octanol–water partition coefficient (Wildman–Crippen LogP) is 3.40. The van der Waals surface area contributed by atoms with E-state index in [-0.39, 0.29) is 11.8 Å². The molecule has 2 N–H and O–H groups in total. The van der Waals surface area contributed by atoms with Crippen molar-refractivity contribution in [2.24, 2.45) is 10.9 Å². The molecular weight excluding hydrogens is 360 g/mol. The highest BCUT2D eigenvalue weighted by Crippen LogP contribution is 2.41. The molecule has 5 nitrogen and oxygen atoms in total. The van der Waals surface area contributed by atoms with Crippen LogP contribution in [0.1, 0.15) is 51.5 Å². The van der Waals surface area contributed by atoms with Gasteiger partial charge in [-0.2, -0.15) is 0 Å². The normalized spacial score (nSPS) is 23.4. The molecule has 0 bridgehead atoms. The van der Waals surface area contributed by atoms with Gasteiger partial charge in [0.25, 0.3) is 0 Å². The first-order valence-corrected chi connectivity index (χ1v) is 10.5. The molecule has 1 aromatic carbocycles. The highest BCUT2D eigenvalue weighted by molar-refractivity contribution is 6.30. The fraction of sp³-hybridized carbons (Fsp3) is 0.619. The highest BCUT2D eigenvalue weighted by Gasteiger charge is 2.39. The van der Waals surface area contributed by atoms with E-state index >= 15 is 0 Å². The van der Waals surface area contributed by atoms with Gasteiger partial charge in [-0.3, -0.25) is 9.79 Å². The molecule has 2 aliphatic rings. The third-order valence-corrected chi connectivity index (χ3v) is 5.58. The Labute approximate surface area is 167 Å². The number of hydrogen-bond acceptors (Lipinski definition) is 2. The lowest BCUT2D eigenvalue weighted by atomic mass is 10.0. The van der Waals surface area contributed by atoms with Gasteiger partial charge < -0.3 is 15.5 Å². The molecule has 1 saturated heterocycles. The second-order valence-electron chi connectivity index (χ2n) is 7.87. The van der Waals surface area contributed by atoms with E-state index in [1.807, 2.05) is 30.9 Å². The zero-order valence-corrected chi connectivity index (χ0v) is 17.3. The van der Waals surface area contributed by atoms with Gasteiger partial charge in [0, 0.05) is 48.6 Å². The molecule has 0 radical (unpaired) electrons. The second-order valence-corrected chi connectivity index (χ2v) is 8.31. The number of likely N-dealkylation sites (tertiary alicyclic amines) is 1. The van der Waals surface area contributed by atoms with Crippen molar-refractivity contribution in [2.45, 2.75) is 58.0 Å². The van der Waals surface area contributed by atoms with Crippen LogP contribution in [0.15, 0.2) is 29.3 Å². The summed E-state index contributed by atoms with van der Waals surface area (Å²) in [4.78, 5) is 18.7. The first kappa shape index (κ1) is 20.0. The number of halogens is 1. The molecule has 1 aliphatic heterocycles. The van der Waals surface area contributed by atoms with Gasteiger partial charge in [0.15, 0.2) is 5.96 Å². The van der Waals surface area contributed by atoms with Gasteiger partial charge in [0.2, 0.25) is 5.91 Å². The average Bonchev–Trinajstić information content (AvgIpc) is 3.41. The number of nitrogens with one attached hydrogen (secondary N) is 2. The van der Waals surface area contributed by atoms with Gasteiger partial charge in [-0.1, -0.05) is 37.6 Å². The van der Waals surface area contributed by atoms with Crippen LogP contribution < -0.4 is 10.6 Å². The zero-order valence-electron chi connectivity index (χ0n) is 16.5. The number of hydrogen-bond donors (Lipinski definition) is 2. The Hall–Kier alpha value is -1.75. The number of piperidine rings is 1. The quantitative estimate of drug-likeness (QED) is 0.598. The molecule has 1 heterocycles. The van der Waals surface area contributed by atoms with Crippen molar-refractivity contribution in [2.75, 3.05) is 19.6 Å². The van der Waals surface area contributed by atoms with Crippen LogP contribution in [0, 0.1) is 5.92 Å². The highest BCUT2D eigenvalue weighted by atomic mass is 35.5. The molecule has 2 unspecified atom stereocenters. The Bertz CT molecular complexity index is 683. The summed E-state index contributed by atoms with van der Waals surface area (Å²) < 4.78 is 0. The van der Waals surface area contributed by atoms with Crippen molar-refractivity contribution in [3.8, 4) is 0 Å². The van der Waals surface area contributed by atoms with Crippen molar-refractivity contribution in [3.63, 3.8) is 0 Å². The zero-order chi connectivity index (χ0) is 19.4. The molecule has 1 amide bonds. The van der Waals surface area contributed by atoms with Crippen molar-refractivity contribution >= 4 is 23.5 Å². The van der Waals surface area contributed by atoms with Gasteiger partial charge in [-0.15, -0.1) is 0 Å². The van der Waals surface area contributed by atoms with E-state index in [4.69, 9.17) is 11.6 Å². The van der Waals surface area contributed by atoms with Gasteiger partial charge in [0.1, 0.15) is 0 Å². The number of nitrogens with zero attached hydrogens (tertiary/aromatic N) is 2. The van der Waals surface area contributed by atoms with E-state index in [2.05, 4.69) is 34.7 Å². The van der Waals surface area contributed by atoms with Crippen LogP contribution in [0.25, 0.3) is 0 Å². The summed E-state index contributed by atoms with van der Waals surface area (Å²) in [6.45, 7) is 8.37. The second kappa shape index (κ2) is 8.96. The van der Waals surface area contributed by atoms with Gasteiger partial charge >= 0.3 is 0 Å². The Kier molecular flexibility index (Phi) is 6.64. The lowest BCUT2D eigenvalue weighted by molar-refractivity contribution is -0.135. The van der Waals surface area contributed by atoms with Crippen LogP contribution >= 0.6 is 11.6 Å². The summed E-state index contributed by atoms with van der Waals surface area (Å²) in [5.41, 5.74) is 1.29. The number of aliphatic imine (C=N–C) groups is 1. The average molecular weight is 391 g/mol. The number of amides is 1. The van der Waals surface area contributed by atoms with Crippen molar-refractivity contribution in [1.29, 1.82) is 0 Å². The topological polar surface area (TPSA) is 56.7 Å². The predicted molar refractivity (Wildman–Crippen MR) is 111 cm³/mol. The lowest BCUT2D eigenvalue weighted by Gasteiger charge is -2.34. The van der Waals surface area contributed by atoms with Crippen LogP contribution in [0.3, 0.4) is 0 Å². The SMILES string of the molecule is CCN=C(NC1CCN(C(=O)C(C)C)CC1)NC1CC1c1cccc(Cl)c1. The van der Waals surface area contributed by atoms with Gasteiger partial charge in [-0.05, 0) is 43.9 Å². The molecule has 1 aromatic rings. The Morgan fingerprint density at radius 3 is 2.67 bits per heavy atom. The van der Waals surface area contributed by atoms with E-state index in [9.17, 15) is 4.79 Å². The Balaban J connectivity index is 1.50. The van der Waals surface area contributed by atoms with Crippen LogP contribution in [0.4, 0.5) is 0 Å². The van der Waals surface area contributed by atoms with Gasteiger partial charge in [0.05, 0.1) is 0 Å². The van der Waals surface area contributed by atoms with Crippen LogP contribution in [0.2, 0.25) is 5.02 Å². The summed E-state index contributed by atoms with van der Waals surface area (Å²) in [6, 6.07) is 8.89. The minimum absolute atomic E-state index is 0.0756. The Morgan fingerprint density at radius 2 is 2.04 bits per heavy atom. The minimum Gasteiger partial charge on any atom is -0.354 e. The molecule has 1 saturated carbocycles. The maximum atomic E-state index is 12.1. The number of benzene rings is 1. The first-order valence-electron chi connectivity index (χ1n) is 10.1. The molecule has 2 fully saturated rings. The molecule has 1 aliphatic carbocycles. The maximum absolute atomic E-state index is 12.1. The molecule has 6 heteroatoms. The van der Waals surface area contributed by atoms with E-state index < -0.39 is 0 Å². The minimum atomic E-state index is 0.0756. The molecular formula is C21H31ClN4O. The molecule has 0 aromatic heterocycles. The monoisotopic (exact) mass is 390 g/mol. The van der Waals surface area contributed by atoms with Crippen LogP contribution in [-0.4, -0.2) is 48.5 Å².